The van der Waals surface area contributed by atoms with E-state index in [0.29, 0.717) is 21.2 Å². The first-order valence-corrected chi connectivity index (χ1v) is 12.0. The summed E-state index contributed by atoms with van der Waals surface area (Å²) >= 11 is 7.31. The average Bonchev–Trinajstić information content (AvgIpc) is 3.23. The summed E-state index contributed by atoms with van der Waals surface area (Å²) in [5, 5.41) is 5.89. The highest BCUT2D eigenvalue weighted by Crippen LogP contribution is 2.36. The standard InChI is InChI=1S/C25H26ClN3O3S/c1-17-5-3-4-6-21(17)29-13-11-28(12-14-29)15-22(30)27-24-23(25(31)32-2)20(16-33-24)18-7-9-19(26)10-8-18/h3-10,16H,11-15H2,1-2H3,(H,27,30). The van der Waals surface area contributed by atoms with Crippen LogP contribution in [0.15, 0.2) is 53.9 Å². The number of carbonyl (C=O) groups is 2. The second kappa shape index (κ2) is 10.4. The Morgan fingerprint density at radius 2 is 1.76 bits per heavy atom. The molecule has 33 heavy (non-hydrogen) atoms. The van der Waals surface area contributed by atoms with E-state index in [-0.39, 0.29) is 12.5 Å². The van der Waals surface area contributed by atoms with E-state index in [4.69, 9.17) is 16.3 Å². The third-order valence-corrected chi connectivity index (χ3v) is 6.93. The lowest BCUT2D eigenvalue weighted by Crippen LogP contribution is -2.48. The number of hydrogen-bond acceptors (Lipinski definition) is 6. The summed E-state index contributed by atoms with van der Waals surface area (Å²) in [5.41, 5.74) is 4.42. The van der Waals surface area contributed by atoms with Gasteiger partial charge in [0, 0.05) is 47.8 Å². The van der Waals surface area contributed by atoms with Gasteiger partial charge in [0.1, 0.15) is 10.6 Å². The van der Waals surface area contributed by atoms with Crippen molar-refractivity contribution >= 4 is 45.5 Å². The summed E-state index contributed by atoms with van der Waals surface area (Å²) in [5.74, 6) is -0.627. The van der Waals surface area contributed by atoms with Gasteiger partial charge in [0.25, 0.3) is 0 Å². The van der Waals surface area contributed by atoms with Crippen molar-refractivity contribution in [3.05, 3.63) is 70.1 Å². The van der Waals surface area contributed by atoms with E-state index in [2.05, 4.69) is 40.2 Å². The Morgan fingerprint density at radius 1 is 1.06 bits per heavy atom. The van der Waals surface area contributed by atoms with Crippen LogP contribution in [-0.4, -0.2) is 56.6 Å². The first-order valence-electron chi connectivity index (χ1n) is 10.7. The highest BCUT2D eigenvalue weighted by Gasteiger charge is 2.24. The van der Waals surface area contributed by atoms with E-state index in [1.807, 2.05) is 23.6 Å². The van der Waals surface area contributed by atoms with Gasteiger partial charge in [0.15, 0.2) is 0 Å². The quantitative estimate of drug-likeness (QED) is 0.504. The van der Waals surface area contributed by atoms with E-state index >= 15 is 0 Å². The van der Waals surface area contributed by atoms with Crippen LogP contribution in [0.2, 0.25) is 5.02 Å². The largest absolute Gasteiger partial charge is 0.465 e. The molecular formula is C25H26ClN3O3S. The number of nitrogens with one attached hydrogen (secondary N) is 1. The van der Waals surface area contributed by atoms with Crippen molar-refractivity contribution in [1.29, 1.82) is 0 Å². The van der Waals surface area contributed by atoms with E-state index in [0.717, 1.165) is 31.7 Å². The highest BCUT2D eigenvalue weighted by molar-refractivity contribution is 7.15. The Hall–Kier alpha value is -2.87. The molecule has 3 aromatic rings. The number of esters is 1. The molecule has 1 N–H and O–H groups in total. The van der Waals surface area contributed by atoms with Crippen molar-refractivity contribution in [2.24, 2.45) is 0 Å². The van der Waals surface area contributed by atoms with Gasteiger partial charge >= 0.3 is 5.97 Å². The third-order valence-electron chi connectivity index (χ3n) is 5.78. The van der Waals surface area contributed by atoms with Gasteiger partial charge in [0.05, 0.1) is 13.7 Å². The Balaban J connectivity index is 1.41. The fourth-order valence-electron chi connectivity index (χ4n) is 4.03. The number of ether oxygens (including phenoxy) is 1. The number of halogens is 1. The van der Waals surface area contributed by atoms with Crippen molar-refractivity contribution in [2.75, 3.05) is 50.1 Å². The molecule has 0 spiro atoms. The van der Waals surface area contributed by atoms with Gasteiger partial charge in [-0.3, -0.25) is 9.69 Å². The molecule has 172 valence electrons. The molecule has 2 aromatic carbocycles. The minimum absolute atomic E-state index is 0.144. The monoisotopic (exact) mass is 483 g/mol. The van der Waals surface area contributed by atoms with Gasteiger partial charge in [-0.1, -0.05) is 41.9 Å². The van der Waals surface area contributed by atoms with Gasteiger partial charge in [-0.15, -0.1) is 11.3 Å². The summed E-state index contributed by atoms with van der Waals surface area (Å²) < 4.78 is 4.99. The number of thiophene rings is 1. The minimum Gasteiger partial charge on any atom is -0.465 e. The highest BCUT2D eigenvalue weighted by atomic mass is 35.5. The van der Waals surface area contributed by atoms with E-state index in [1.54, 1.807) is 12.1 Å². The Bertz CT molecular complexity index is 1140. The zero-order valence-electron chi connectivity index (χ0n) is 18.6. The van der Waals surface area contributed by atoms with Crippen LogP contribution in [0.1, 0.15) is 15.9 Å². The fraction of sp³-hybridized carbons (Fsp3) is 0.280. The van der Waals surface area contributed by atoms with Crippen molar-refractivity contribution in [3.63, 3.8) is 0 Å². The van der Waals surface area contributed by atoms with Crippen molar-refractivity contribution in [2.45, 2.75) is 6.92 Å². The lowest BCUT2D eigenvalue weighted by atomic mass is 10.0. The Kier molecular flexibility index (Phi) is 7.33. The van der Waals surface area contributed by atoms with Crippen LogP contribution in [0.4, 0.5) is 10.7 Å². The van der Waals surface area contributed by atoms with E-state index in [9.17, 15) is 9.59 Å². The molecule has 1 amide bonds. The smallest absolute Gasteiger partial charge is 0.341 e. The zero-order valence-corrected chi connectivity index (χ0v) is 20.2. The molecule has 1 fully saturated rings. The predicted octanol–water partition coefficient (Wildman–Crippen LogP) is 4.92. The molecule has 4 rings (SSSR count). The van der Waals surface area contributed by atoms with Crippen molar-refractivity contribution < 1.29 is 14.3 Å². The fourth-order valence-corrected chi connectivity index (χ4v) is 5.13. The molecule has 2 heterocycles. The topological polar surface area (TPSA) is 61.9 Å². The SMILES string of the molecule is COC(=O)c1c(-c2ccc(Cl)cc2)csc1NC(=O)CN1CCN(c2ccccc2C)CC1. The maximum Gasteiger partial charge on any atom is 0.341 e. The molecule has 1 aliphatic heterocycles. The molecule has 8 heteroatoms. The van der Waals surface area contributed by atoms with Gasteiger partial charge in [-0.25, -0.2) is 4.79 Å². The van der Waals surface area contributed by atoms with Gasteiger partial charge in [-0.2, -0.15) is 0 Å². The number of amides is 1. The van der Waals surface area contributed by atoms with Crippen LogP contribution in [-0.2, 0) is 9.53 Å². The van der Waals surface area contributed by atoms with E-state index in [1.165, 1.54) is 29.7 Å². The number of para-hydroxylation sites is 1. The molecule has 0 atom stereocenters. The number of rotatable bonds is 6. The number of hydrogen-bond donors (Lipinski definition) is 1. The van der Waals surface area contributed by atoms with Crippen molar-refractivity contribution in [1.82, 2.24) is 4.90 Å². The number of anilines is 2. The van der Waals surface area contributed by atoms with Crippen LogP contribution in [0.25, 0.3) is 11.1 Å². The molecular weight excluding hydrogens is 458 g/mol. The molecule has 0 aliphatic carbocycles. The molecule has 1 aliphatic rings. The zero-order chi connectivity index (χ0) is 23.4. The first-order chi connectivity index (χ1) is 16.0. The van der Waals surface area contributed by atoms with Crippen LogP contribution < -0.4 is 10.2 Å². The van der Waals surface area contributed by atoms with Gasteiger partial charge in [-0.05, 0) is 36.2 Å². The van der Waals surface area contributed by atoms with Crippen LogP contribution in [0.3, 0.4) is 0 Å². The molecule has 0 saturated carbocycles. The number of piperazine rings is 1. The van der Waals surface area contributed by atoms with Crippen LogP contribution in [0, 0.1) is 6.92 Å². The van der Waals surface area contributed by atoms with Crippen LogP contribution in [0.5, 0.6) is 0 Å². The third kappa shape index (κ3) is 5.38. The molecule has 0 radical (unpaired) electrons. The average molecular weight is 484 g/mol. The van der Waals surface area contributed by atoms with Crippen molar-refractivity contribution in [3.8, 4) is 11.1 Å². The molecule has 1 saturated heterocycles. The number of methoxy groups -OCH3 is 1. The number of benzene rings is 2. The Labute approximate surface area is 202 Å². The maximum atomic E-state index is 12.8. The summed E-state index contributed by atoms with van der Waals surface area (Å²) in [4.78, 5) is 29.8. The predicted molar refractivity (Wildman–Crippen MR) is 135 cm³/mol. The summed E-state index contributed by atoms with van der Waals surface area (Å²) in [6.07, 6.45) is 0. The summed E-state index contributed by atoms with van der Waals surface area (Å²) in [6.45, 7) is 5.72. The summed E-state index contributed by atoms with van der Waals surface area (Å²) in [7, 11) is 1.34. The molecule has 6 nitrogen and oxygen atoms in total. The Morgan fingerprint density at radius 3 is 2.42 bits per heavy atom. The first kappa shape index (κ1) is 23.3. The van der Waals surface area contributed by atoms with Gasteiger partial charge in [0.2, 0.25) is 5.91 Å². The molecule has 0 bridgehead atoms. The second-order valence-electron chi connectivity index (χ2n) is 7.95. The lowest BCUT2D eigenvalue weighted by molar-refractivity contribution is -0.117. The van der Waals surface area contributed by atoms with Crippen LogP contribution >= 0.6 is 22.9 Å². The summed E-state index contributed by atoms with van der Waals surface area (Å²) in [6, 6.07) is 15.6. The molecule has 1 aromatic heterocycles. The minimum atomic E-state index is -0.483. The van der Waals surface area contributed by atoms with Gasteiger partial charge < -0.3 is 15.0 Å². The van der Waals surface area contributed by atoms with E-state index < -0.39 is 5.97 Å². The normalized spacial score (nSPS) is 14.2. The maximum absolute atomic E-state index is 12.8. The number of nitrogens with zero attached hydrogens (tertiary/aromatic N) is 2. The number of aryl methyl sites for hydroxylation is 1. The second-order valence-corrected chi connectivity index (χ2v) is 9.27. The lowest BCUT2D eigenvalue weighted by Gasteiger charge is -2.36. The molecule has 0 unspecified atom stereocenters. The number of carbonyl (C=O) groups excluding carboxylic acids is 2.